The smallest absolute Gasteiger partial charge is 0.306 e. The third-order valence-corrected chi connectivity index (χ3v) is 3.27. The molecule has 106 valence electrons. The average Bonchev–Trinajstić information content (AvgIpc) is 2.77. The van der Waals surface area contributed by atoms with E-state index < -0.39 is 5.97 Å². The molecule has 0 aliphatic carbocycles. The molecule has 0 spiro atoms. The standard InChI is InChI=1S/C13H21N3O3/c1-2-3-16-10-14-7-11(16)8-15-4-5-19-12(9-15)6-13(17)18/h7,10,12H,2-6,8-9H2,1H3,(H,17,18). The third kappa shape index (κ3) is 4.04. The van der Waals surface area contributed by atoms with Crippen LogP contribution in [0, 0.1) is 0 Å². The maximum Gasteiger partial charge on any atom is 0.306 e. The summed E-state index contributed by atoms with van der Waals surface area (Å²) in [5, 5.41) is 8.81. The summed E-state index contributed by atoms with van der Waals surface area (Å²) < 4.78 is 7.63. The molecule has 2 rings (SSSR count). The minimum absolute atomic E-state index is 0.0741. The number of rotatable bonds is 6. The number of ether oxygens (including phenoxy) is 1. The van der Waals surface area contributed by atoms with Crippen LogP contribution >= 0.6 is 0 Å². The lowest BCUT2D eigenvalue weighted by molar-refractivity contribution is -0.142. The summed E-state index contributed by atoms with van der Waals surface area (Å²) in [6.07, 6.45) is 4.69. The number of hydrogen-bond donors (Lipinski definition) is 1. The van der Waals surface area contributed by atoms with E-state index in [1.807, 2.05) is 12.5 Å². The molecule has 19 heavy (non-hydrogen) atoms. The van der Waals surface area contributed by atoms with E-state index in [0.29, 0.717) is 13.2 Å². The van der Waals surface area contributed by atoms with E-state index in [1.165, 1.54) is 5.69 Å². The normalized spacial score (nSPS) is 20.6. The summed E-state index contributed by atoms with van der Waals surface area (Å²) in [5.41, 5.74) is 1.18. The molecule has 1 unspecified atom stereocenters. The highest BCUT2D eigenvalue weighted by Crippen LogP contribution is 2.12. The van der Waals surface area contributed by atoms with Gasteiger partial charge in [-0.05, 0) is 6.42 Å². The first-order valence-electron chi connectivity index (χ1n) is 6.73. The van der Waals surface area contributed by atoms with E-state index in [2.05, 4.69) is 21.4 Å². The van der Waals surface area contributed by atoms with Crippen molar-refractivity contribution in [2.24, 2.45) is 0 Å². The second-order valence-corrected chi connectivity index (χ2v) is 4.90. The Morgan fingerprint density at radius 1 is 1.63 bits per heavy atom. The number of aliphatic carboxylic acids is 1. The van der Waals surface area contributed by atoms with E-state index in [1.54, 1.807) is 0 Å². The van der Waals surface area contributed by atoms with E-state index in [-0.39, 0.29) is 12.5 Å². The Bertz CT molecular complexity index is 419. The van der Waals surface area contributed by atoms with E-state index in [4.69, 9.17) is 9.84 Å². The second-order valence-electron chi connectivity index (χ2n) is 4.90. The minimum atomic E-state index is -0.803. The van der Waals surface area contributed by atoms with Crippen LogP contribution in [-0.4, -0.2) is 51.3 Å². The zero-order valence-corrected chi connectivity index (χ0v) is 11.3. The number of carboxylic acids is 1. The van der Waals surface area contributed by atoms with Gasteiger partial charge in [0.2, 0.25) is 0 Å². The first-order chi connectivity index (χ1) is 9.19. The van der Waals surface area contributed by atoms with Gasteiger partial charge in [-0.15, -0.1) is 0 Å². The Hall–Kier alpha value is -1.40. The van der Waals surface area contributed by atoms with E-state index >= 15 is 0 Å². The molecular formula is C13H21N3O3. The fourth-order valence-corrected chi connectivity index (χ4v) is 2.39. The minimum Gasteiger partial charge on any atom is -0.481 e. The van der Waals surface area contributed by atoms with Gasteiger partial charge in [0.15, 0.2) is 0 Å². The highest BCUT2D eigenvalue weighted by Gasteiger charge is 2.23. The van der Waals surface area contributed by atoms with Crippen molar-refractivity contribution in [2.45, 2.75) is 39.0 Å². The van der Waals surface area contributed by atoms with Crippen LogP contribution in [0.4, 0.5) is 0 Å². The van der Waals surface area contributed by atoms with Crippen LogP contribution in [0.15, 0.2) is 12.5 Å². The van der Waals surface area contributed by atoms with Crippen molar-refractivity contribution >= 4 is 5.97 Å². The largest absolute Gasteiger partial charge is 0.481 e. The van der Waals surface area contributed by atoms with Crippen LogP contribution < -0.4 is 0 Å². The molecule has 0 amide bonds. The molecule has 1 aliphatic heterocycles. The zero-order chi connectivity index (χ0) is 13.7. The average molecular weight is 267 g/mol. The molecule has 0 bridgehead atoms. The molecule has 6 nitrogen and oxygen atoms in total. The van der Waals surface area contributed by atoms with Gasteiger partial charge in [-0.25, -0.2) is 4.98 Å². The lowest BCUT2D eigenvalue weighted by atomic mass is 10.2. The molecule has 2 heterocycles. The van der Waals surface area contributed by atoms with Gasteiger partial charge in [-0.2, -0.15) is 0 Å². The van der Waals surface area contributed by atoms with Gasteiger partial charge in [0, 0.05) is 32.4 Å². The lowest BCUT2D eigenvalue weighted by Crippen LogP contribution is -2.43. The summed E-state index contributed by atoms with van der Waals surface area (Å²) in [6, 6.07) is 0. The molecule has 1 aliphatic rings. The molecule has 1 saturated heterocycles. The fourth-order valence-electron chi connectivity index (χ4n) is 2.39. The highest BCUT2D eigenvalue weighted by molar-refractivity contribution is 5.67. The number of nitrogens with zero attached hydrogens (tertiary/aromatic N) is 3. The van der Waals surface area contributed by atoms with Crippen LogP contribution in [0.25, 0.3) is 0 Å². The first kappa shape index (κ1) is 14.0. The molecule has 1 N–H and O–H groups in total. The van der Waals surface area contributed by atoms with Crippen molar-refractivity contribution in [2.75, 3.05) is 19.7 Å². The maximum atomic E-state index is 10.7. The van der Waals surface area contributed by atoms with Crippen molar-refractivity contribution in [1.82, 2.24) is 14.5 Å². The highest BCUT2D eigenvalue weighted by atomic mass is 16.5. The number of carboxylic acid groups (broad SMARTS) is 1. The predicted molar refractivity (Wildman–Crippen MR) is 69.8 cm³/mol. The Balaban J connectivity index is 1.91. The number of aryl methyl sites for hydroxylation is 1. The Morgan fingerprint density at radius 3 is 3.21 bits per heavy atom. The van der Waals surface area contributed by atoms with Crippen molar-refractivity contribution in [3.05, 3.63) is 18.2 Å². The number of hydrogen-bond acceptors (Lipinski definition) is 4. The number of carbonyl (C=O) groups is 1. The second kappa shape index (κ2) is 6.68. The van der Waals surface area contributed by atoms with Crippen LogP contribution in [-0.2, 0) is 22.6 Å². The van der Waals surface area contributed by atoms with Crippen molar-refractivity contribution in [1.29, 1.82) is 0 Å². The summed E-state index contributed by atoms with van der Waals surface area (Å²) in [4.78, 5) is 17.1. The molecular weight excluding hydrogens is 246 g/mol. The Morgan fingerprint density at radius 2 is 2.47 bits per heavy atom. The monoisotopic (exact) mass is 267 g/mol. The van der Waals surface area contributed by atoms with Gasteiger partial charge in [0.25, 0.3) is 0 Å². The maximum absolute atomic E-state index is 10.7. The third-order valence-electron chi connectivity index (χ3n) is 3.27. The number of imidazole rings is 1. The van der Waals surface area contributed by atoms with Crippen LogP contribution in [0.2, 0.25) is 0 Å². The molecule has 0 aromatic carbocycles. The molecule has 1 aromatic rings. The number of aromatic nitrogens is 2. The van der Waals surface area contributed by atoms with E-state index in [9.17, 15) is 4.79 Å². The van der Waals surface area contributed by atoms with Gasteiger partial charge in [-0.1, -0.05) is 6.92 Å². The Labute approximate surface area is 113 Å². The predicted octanol–water partition coefficient (Wildman–Crippen LogP) is 0.969. The topological polar surface area (TPSA) is 67.6 Å². The van der Waals surface area contributed by atoms with Gasteiger partial charge in [-0.3, -0.25) is 9.69 Å². The zero-order valence-electron chi connectivity index (χ0n) is 11.3. The summed E-state index contributed by atoms with van der Waals surface area (Å²) in [5.74, 6) is -0.803. The molecule has 1 fully saturated rings. The van der Waals surface area contributed by atoms with Crippen LogP contribution in [0.1, 0.15) is 25.5 Å². The summed E-state index contributed by atoms with van der Waals surface area (Å²) in [6.45, 7) is 6.02. The Kier molecular flexibility index (Phi) is 4.93. The van der Waals surface area contributed by atoms with Gasteiger partial charge in [0.05, 0.1) is 31.2 Å². The molecule has 0 radical (unpaired) electrons. The summed E-state index contributed by atoms with van der Waals surface area (Å²) >= 11 is 0. The van der Waals surface area contributed by atoms with Crippen LogP contribution in [0.3, 0.4) is 0 Å². The SMILES string of the molecule is CCCn1cncc1CN1CCOC(CC(=O)O)C1. The molecule has 0 saturated carbocycles. The summed E-state index contributed by atoms with van der Waals surface area (Å²) in [7, 11) is 0. The quantitative estimate of drug-likeness (QED) is 0.831. The first-order valence-corrected chi connectivity index (χ1v) is 6.73. The van der Waals surface area contributed by atoms with Crippen molar-refractivity contribution < 1.29 is 14.6 Å². The van der Waals surface area contributed by atoms with Gasteiger partial charge in [0.1, 0.15) is 0 Å². The van der Waals surface area contributed by atoms with Crippen molar-refractivity contribution in [3.63, 3.8) is 0 Å². The van der Waals surface area contributed by atoms with Crippen LogP contribution in [0.5, 0.6) is 0 Å². The fraction of sp³-hybridized carbons (Fsp3) is 0.692. The van der Waals surface area contributed by atoms with Gasteiger partial charge < -0.3 is 14.4 Å². The molecule has 1 atom stereocenters. The van der Waals surface area contributed by atoms with E-state index in [0.717, 1.165) is 26.1 Å². The molecule has 6 heteroatoms. The lowest BCUT2D eigenvalue weighted by Gasteiger charge is -2.32. The number of morpholine rings is 1. The van der Waals surface area contributed by atoms with Gasteiger partial charge >= 0.3 is 5.97 Å². The molecule has 1 aromatic heterocycles. The van der Waals surface area contributed by atoms with Crippen molar-refractivity contribution in [3.8, 4) is 0 Å².